The van der Waals surface area contributed by atoms with E-state index in [1.807, 2.05) is 43.3 Å². The number of rotatable bonds is 6. The Hall–Kier alpha value is -3.06. The van der Waals surface area contributed by atoms with Crippen LogP contribution in [0.1, 0.15) is 15.6 Å². The standard InChI is InChI=1S/C21H20N2O4S/c1-14-19(28-21(22-14)13-27-16-5-3-2-4-6-16)12-20(24)23-15-7-8-17-18(11-15)26-10-9-25-17/h2-8,11H,9-10,12-13H2,1H3,(H,23,24). The molecule has 144 valence electrons. The van der Waals surface area contributed by atoms with Gasteiger partial charge in [-0.05, 0) is 31.2 Å². The fourth-order valence-corrected chi connectivity index (χ4v) is 3.83. The summed E-state index contributed by atoms with van der Waals surface area (Å²) in [5.41, 5.74) is 1.54. The predicted molar refractivity (Wildman–Crippen MR) is 107 cm³/mol. The molecule has 4 rings (SSSR count). The average Bonchev–Trinajstić information content (AvgIpc) is 3.06. The van der Waals surface area contributed by atoms with Gasteiger partial charge in [-0.25, -0.2) is 4.98 Å². The molecule has 0 atom stereocenters. The number of nitrogens with one attached hydrogen (secondary N) is 1. The van der Waals surface area contributed by atoms with E-state index in [2.05, 4.69) is 10.3 Å². The van der Waals surface area contributed by atoms with Crippen LogP contribution in [0.15, 0.2) is 48.5 Å². The quantitative estimate of drug-likeness (QED) is 0.682. The Kier molecular flexibility index (Phi) is 5.43. The lowest BCUT2D eigenvalue weighted by molar-refractivity contribution is -0.115. The van der Waals surface area contributed by atoms with Crippen LogP contribution in [0.4, 0.5) is 5.69 Å². The Balaban J connectivity index is 1.36. The van der Waals surface area contributed by atoms with Gasteiger partial charge in [0, 0.05) is 16.6 Å². The molecule has 0 radical (unpaired) electrons. The minimum Gasteiger partial charge on any atom is -0.486 e. The normalized spacial score (nSPS) is 12.5. The second kappa shape index (κ2) is 8.31. The lowest BCUT2D eigenvalue weighted by atomic mass is 10.2. The molecule has 0 saturated heterocycles. The van der Waals surface area contributed by atoms with Gasteiger partial charge in [-0.1, -0.05) is 18.2 Å². The first-order chi connectivity index (χ1) is 13.7. The fraction of sp³-hybridized carbons (Fsp3) is 0.238. The molecule has 1 aromatic heterocycles. The number of carbonyl (C=O) groups is 1. The van der Waals surface area contributed by atoms with Crippen LogP contribution in [0.3, 0.4) is 0 Å². The van der Waals surface area contributed by atoms with Gasteiger partial charge in [0.15, 0.2) is 11.5 Å². The second-order valence-corrected chi connectivity index (χ2v) is 7.47. The molecule has 0 spiro atoms. The highest BCUT2D eigenvalue weighted by Gasteiger charge is 2.15. The van der Waals surface area contributed by atoms with Gasteiger partial charge in [-0.2, -0.15) is 0 Å². The van der Waals surface area contributed by atoms with Crippen LogP contribution in [-0.4, -0.2) is 24.1 Å². The number of aryl methyl sites for hydroxylation is 1. The van der Waals surface area contributed by atoms with E-state index in [0.29, 0.717) is 37.0 Å². The average molecular weight is 396 g/mol. The molecule has 1 aliphatic rings. The molecule has 3 aromatic rings. The topological polar surface area (TPSA) is 69.7 Å². The first-order valence-electron chi connectivity index (χ1n) is 9.00. The smallest absolute Gasteiger partial charge is 0.229 e. The molecule has 0 bridgehead atoms. The first-order valence-corrected chi connectivity index (χ1v) is 9.81. The maximum absolute atomic E-state index is 12.5. The third-order valence-corrected chi connectivity index (χ3v) is 5.32. The Labute approximate surface area is 167 Å². The van der Waals surface area contributed by atoms with Crippen molar-refractivity contribution in [3.8, 4) is 17.2 Å². The molecule has 0 aliphatic carbocycles. The van der Waals surface area contributed by atoms with Crippen LogP contribution in [0, 0.1) is 6.92 Å². The number of fused-ring (bicyclic) bond motifs is 1. The molecular formula is C21H20N2O4S. The van der Waals surface area contributed by atoms with Crippen LogP contribution in [0.25, 0.3) is 0 Å². The van der Waals surface area contributed by atoms with Gasteiger partial charge in [0.1, 0.15) is 30.6 Å². The second-order valence-electron chi connectivity index (χ2n) is 6.30. The summed E-state index contributed by atoms with van der Waals surface area (Å²) < 4.78 is 16.8. The van der Waals surface area contributed by atoms with Gasteiger partial charge in [-0.3, -0.25) is 4.79 Å². The zero-order valence-corrected chi connectivity index (χ0v) is 16.3. The highest BCUT2D eigenvalue weighted by atomic mass is 32.1. The highest BCUT2D eigenvalue weighted by molar-refractivity contribution is 7.11. The van der Waals surface area contributed by atoms with Gasteiger partial charge < -0.3 is 19.5 Å². The molecule has 1 amide bonds. The van der Waals surface area contributed by atoms with E-state index in [4.69, 9.17) is 14.2 Å². The number of anilines is 1. The van der Waals surface area contributed by atoms with Gasteiger partial charge in [0.05, 0.1) is 12.1 Å². The molecule has 0 saturated carbocycles. The van der Waals surface area contributed by atoms with E-state index in [-0.39, 0.29) is 12.3 Å². The number of para-hydroxylation sites is 1. The van der Waals surface area contributed by atoms with Crippen LogP contribution >= 0.6 is 11.3 Å². The zero-order chi connectivity index (χ0) is 19.3. The van der Waals surface area contributed by atoms with E-state index in [9.17, 15) is 4.79 Å². The van der Waals surface area contributed by atoms with Crippen molar-refractivity contribution in [3.05, 3.63) is 64.1 Å². The molecule has 28 heavy (non-hydrogen) atoms. The molecule has 6 nitrogen and oxygen atoms in total. The Morgan fingerprint density at radius 2 is 1.93 bits per heavy atom. The molecule has 0 fully saturated rings. The molecule has 1 N–H and O–H groups in total. The van der Waals surface area contributed by atoms with Crippen molar-refractivity contribution in [3.63, 3.8) is 0 Å². The number of carbonyl (C=O) groups excluding carboxylic acids is 1. The molecule has 7 heteroatoms. The van der Waals surface area contributed by atoms with Crippen molar-refractivity contribution in [2.75, 3.05) is 18.5 Å². The monoisotopic (exact) mass is 396 g/mol. The van der Waals surface area contributed by atoms with E-state index >= 15 is 0 Å². The van der Waals surface area contributed by atoms with Crippen molar-refractivity contribution in [1.82, 2.24) is 4.98 Å². The lowest BCUT2D eigenvalue weighted by Crippen LogP contribution is -2.17. The number of ether oxygens (including phenoxy) is 3. The third-order valence-electron chi connectivity index (χ3n) is 4.19. The highest BCUT2D eigenvalue weighted by Crippen LogP contribution is 2.32. The van der Waals surface area contributed by atoms with Crippen LogP contribution in [0.2, 0.25) is 0 Å². The minimum atomic E-state index is -0.0982. The van der Waals surface area contributed by atoms with Crippen molar-refractivity contribution in [2.45, 2.75) is 20.0 Å². The molecular weight excluding hydrogens is 376 g/mol. The summed E-state index contributed by atoms with van der Waals surface area (Å²) >= 11 is 1.50. The maximum atomic E-state index is 12.5. The number of benzene rings is 2. The number of hydrogen-bond acceptors (Lipinski definition) is 6. The Morgan fingerprint density at radius 1 is 1.14 bits per heavy atom. The SMILES string of the molecule is Cc1nc(COc2ccccc2)sc1CC(=O)Nc1ccc2c(c1)OCCO2. The molecule has 0 unspecified atom stereocenters. The maximum Gasteiger partial charge on any atom is 0.229 e. The summed E-state index contributed by atoms with van der Waals surface area (Å²) in [5.74, 6) is 2.05. The third kappa shape index (κ3) is 4.43. The largest absolute Gasteiger partial charge is 0.486 e. The predicted octanol–water partition coefficient (Wildman–Crippen LogP) is 3.98. The van der Waals surface area contributed by atoms with E-state index in [1.165, 1.54) is 11.3 Å². The number of nitrogens with zero attached hydrogens (tertiary/aromatic N) is 1. The minimum absolute atomic E-state index is 0.0982. The molecule has 2 aromatic carbocycles. The number of amides is 1. The fourth-order valence-electron chi connectivity index (χ4n) is 2.85. The summed E-state index contributed by atoms with van der Waals surface area (Å²) in [6, 6.07) is 15.0. The zero-order valence-electron chi connectivity index (χ0n) is 15.4. The summed E-state index contributed by atoms with van der Waals surface area (Å²) in [4.78, 5) is 17.9. The Morgan fingerprint density at radius 3 is 2.75 bits per heavy atom. The lowest BCUT2D eigenvalue weighted by Gasteiger charge is -2.19. The van der Waals surface area contributed by atoms with Crippen LogP contribution in [0.5, 0.6) is 17.2 Å². The van der Waals surface area contributed by atoms with Gasteiger partial charge in [0.25, 0.3) is 0 Å². The van der Waals surface area contributed by atoms with Crippen LogP contribution < -0.4 is 19.5 Å². The van der Waals surface area contributed by atoms with Crippen molar-refractivity contribution < 1.29 is 19.0 Å². The van der Waals surface area contributed by atoms with Gasteiger partial charge in [0.2, 0.25) is 5.91 Å². The van der Waals surface area contributed by atoms with E-state index in [1.54, 1.807) is 12.1 Å². The van der Waals surface area contributed by atoms with Crippen molar-refractivity contribution >= 4 is 22.9 Å². The summed E-state index contributed by atoms with van der Waals surface area (Å²) in [6.07, 6.45) is 0.267. The van der Waals surface area contributed by atoms with E-state index in [0.717, 1.165) is 21.3 Å². The molecule has 2 heterocycles. The Bertz CT molecular complexity index is 972. The summed E-state index contributed by atoms with van der Waals surface area (Å²) in [6.45, 7) is 3.35. The summed E-state index contributed by atoms with van der Waals surface area (Å²) in [7, 11) is 0. The van der Waals surface area contributed by atoms with Crippen LogP contribution in [-0.2, 0) is 17.8 Å². The summed E-state index contributed by atoms with van der Waals surface area (Å²) in [5, 5.41) is 3.76. The molecule has 1 aliphatic heterocycles. The van der Waals surface area contributed by atoms with Gasteiger partial charge >= 0.3 is 0 Å². The number of hydrogen-bond donors (Lipinski definition) is 1. The van der Waals surface area contributed by atoms with Gasteiger partial charge in [-0.15, -0.1) is 11.3 Å². The first kappa shape index (κ1) is 18.3. The van der Waals surface area contributed by atoms with Crippen molar-refractivity contribution in [1.29, 1.82) is 0 Å². The number of thiazole rings is 1. The van der Waals surface area contributed by atoms with Crippen molar-refractivity contribution in [2.24, 2.45) is 0 Å². The number of aromatic nitrogens is 1. The van der Waals surface area contributed by atoms with E-state index < -0.39 is 0 Å².